The zero-order valence-electron chi connectivity index (χ0n) is 13.5. The van der Waals surface area contributed by atoms with E-state index in [2.05, 4.69) is 19.9 Å². The van der Waals surface area contributed by atoms with Gasteiger partial charge in [0.15, 0.2) is 0 Å². The maximum Gasteiger partial charge on any atom is 0.338 e. The lowest BCUT2D eigenvalue weighted by Gasteiger charge is -2.27. The van der Waals surface area contributed by atoms with Gasteiger partial charge in [0, 0.05) is 25.0 Å². The topological polar surface area (TPSA) is 68.2 Å². The van der Waals surface area contributed by atoms with Gasteiger partial charge in [-0.15, -0.1) is 0 Å². The van der Waals surface area contributed by atoms with Crippen molar-refractivity contribution in [3.8, 4) is 0 Å². The lowest BCUT2D eigenvalue weighted by Crippen LogP contribution is -2.31. The number of piperidine rings is 1. The van der Waals surface area contributed by atoms with Crippen molar-refractivity contribution in [2.24, 2.45) is 0 Å². The molecular formula is C17H19ClN4O2. The lowest BCUT2D eigenvalue weighted by molar-refractivity contribution is 0.0467. The number of hydrogen-bond acceptors (Lipinski definition) is 6. The molecule has 1 aliphatic rings. The molecule has 0 atom stereocenters. The molecule has 0 aromatic carbocycles. The second kappa shape index (κ2) is 7.57. The molecule has 7 heteroatoms. The van der Waals surface area contributed by atoms with Gasteiger partial charge in [0.1, 0.15) is 11.8 Å². The minimum absolute atomic E-state index is 0.100. The summed E-state index contributed by atoms with van der Waals surface area (Å²) in [4.78, 5) is 27.2. The number of aryl methyl sites for hydroxylation is 1. The molecule has 0 radical (unpaired) electrons. The lowest BCUT2D eigenvalue weighted by atomic mass is 10.1. The smallest absolute Gasteiger partial charge is 0.338 e. The fourth-order valence-corrected chi connectivity index (χ4v) is 2.85. The van der Waals surface area contributed by atoms with Crippen LogP contribution in [-0.4, -0.2) is 34.0 Å². The van der Waals surface area contributed by atoms with Gasteiger partial charge in [0.25, 0.3) is 0 Å². The van der Waals surface area contributed by atoms with Gasteiger partial charge in [-0.1, -0.05) is 11.6 Å². The predicted octanol–water partition coefficient (Wildman–Crippen LogP) is 3.18. The molecular weight excluding hydrogens is 328 g/mol. The summed E-state index contributed by atoms with van der Waals surface area (Å²) < 4.78 is 5.33. The van der Waals surface area contributed by atoms with E-state index in [0.717, 1.165) is 31.6 Å². The van der Waals surface area contributed by atoms with Crippen LogP contribution in [0.25, 0.3) is 0 Å². The quantitative estimate of drug-likeness (QED) is 0.625. The minimum Gasteiger partial charge on any atom is -0.456 e. The first-order valence-corrected chi connectivity index (χ1v) is 8.38. The van der Waals surface area contributed by atoms with Gasteiger partial charge >= 0.3 is 5.97 Å². The molecule has 0 bridgehead atoms. The number of esters is 1. The Kier molecular flexibility index (Phi) is 5.25. The Morgan fingerprint density at radius 3 is 2.79 bits per heavy atom. The molecule has 1 saturated heterocycles. The van der Waals surface area contributed by atoms with Crippen LogP contribution in [0.1, 0.15) is 41.0 Å². The number of hydrogen-bond donors (Lipinski definition) is 0. The summed E-state index contributed by atoms with van der Waals surface area (Å²) in [6.07, 6.45) is 5.04. The Labute approximate surface area is 145 Å². The first-order valence-electron chi connectivity index (χ1n) is 8.00. The molecule has 3 heterocycles. The fourth-order valence-electron chi connectivity index (χ4n) is 2.68. The first-order chi connectivity index (χ1) is 11.6. The molecule has 0 amide bonds. The van der Waals surface area contributed by atoms with Crippen LogP contribution >= 0.6 is 11.6 Å². The highest BCUT2D eigenvalue weighted by Gasteiger charge is 2.15. The third-order valence-electron chi connectivity index (χ3n) is 3.85. The molecule has 24 heavy (non-hydrogen) atoms. The van der Waals surface area contributed by atoms with E-state index in [0.29, 0.717) is 17.2 Å². The molecule has 3 rings (SSSR count). The van der Waals surface area contributed by atoms with Gasteiger partial charge in [0.2, 0.25) is 5.95 Å². The monoisotopic (exact) mass is 346 g/mol. The molecule has 0 N–H and O–H groups in total. The van der Waals surface area contributed by atoms with E-state index in [1.54, 1.807) is 6.07 Å². The van der Waals surface area contributed by atoms with Gasteiger partial charge in [-0.25, -0.2) is 19.7 Å². The number of pyridine rings is 1. The highest BCUT2D eigenvalue weighted by atomic mass is 35.5. The number of carbonyl (C=O) groups is 1. The van der Waals surface area contributed by atoms with Gasteiger partial charge < -0.3 is 9.64 Å². The van der Waals surface area contributed by atoms with Crippen LogP contribution < -0.4 is 4.90 Å². The molecule has 2 aromatic rings. The second-order valence-corrected chi connectivity index (χ2v) is 6.18. The van der Waals surface area contributed by atoms with Crippen molar-refractivity contribution in [3.05, 3.63) is 46.5 Å². The molecule has 2 aromatic heterocycles. The number of carbonyl (C=O) groups excluding carboxylic acids is 1. The fraction of sp³-hybridized carbons (Fsp3) is 0.412. The Morgan fingerprint density at radius 1 is 1.25 bits per heavy atom. The number of ether oxygens (including phenoxy) is 1. The average Bonchev–Trinajstić information content (AvgIpc) is 2.60. The van der Waals surface area contributed by atoms with Crippen molar-refractivity contribution in [2.75, 3.05) is 18.0 Å². The maximum absolute atomic E-state index is 12.1. The van der Waals surface area contributed by atoms with Crippen molar-refractivity contribution in [3.63, 3.8) is 0 Å². The van der Waals surface area contributed by atoms with Crippen LogP contribution in [0.4, 0.5) is 5.95 Å². The van der Waals surface area contributed by atoms with Gasteiger partial charge in [-0.3, -0.25) is 0 Å². The molecule has 0 aliphatic carbocycles. The van der Waals surface area contributed by atoms with E-state index in [9.17, 15) is 4.79 Å². The van der Waals surface area contributed by atoms with Crippen LogP contribution in [-0.2, 0) is 11.3 Å². The molecule has 126 valence electrons. The van der Waals surface area contributed by atoms with Gasteiger partial charge in [-0.2, -0.15) is 0 Å². The Morgan fingerprint density at radius 2 is 2.04 bits per heavy atom. The zero-order valence-corrected chi connectivity index (χ0v) is 14.3. The predicted molar refractivity (Wildman–Crippen MR) is 91.2 cm³/mol. The Hall–Kier alpha value is -2.21. The van der Waals surface area contributed by atoms with E-state index < -0.39 is 5.97 Å². The summed E-state index contributed by atoms with van der Waals surface area (Å²) in [6.45, 7) is 3.96. The Balaban J connectivity index is 1.68. The zero-order chi connectivity index (χ0) is 16.9. The molecule has 0 unspecified atom stereocenters. The molecule has 6 nitrogen and oxygen atoms in total. The number of rotatable bonds is 4. The standard InChI is InChI=1S/C17H19ClN4O2/c1-12-9-14(21-17(20-12)22-7-3-2-4-8-22)11-24-16(23)13-5-6-19-15(18)10-13/h5-6,9-10H,2-4,7-8,11H2,1H3. The highest BCUT2D eigenvalue weighted by Crippen LogP contribution is 2.17. The summed E-state index contributed by atoms with van der Waals surface area (Å²) >= 11 is 5.79. The van der Waals surface area contributed by atoms with Crippen LogP contribution in [0, 0.1) is 6.92 Å². The van der Waals surface area contributed by atoms with Gasteiger partial charge in [-0.05, 0) is 44.4 Å². The first kappa shape index (κ1) is 16.6. The molecule has 1 fully saturated rings. The molecule has 0 spiro atoms. The van der Waals surface area contributed by atoms with Crippen molar-refractivity contribution >= 4 is 23.5 Å². The maximum atomic E-state index is 12.1. The summed E-state index contributed by atoms with van der Waals surface area (Å²) in [6, 6.07) is 4.88. The summed E-state index contributed by atoms with van der Waals surface area (Å²) in [5.74, 6) is 0.266. The summed E-state index contributed by atoms with van der Waals surface area (Å²) in [5.41, 5.74) is 1.93. The third-order valence-corrected chi connectivity index (χ3v) is 4.05. The minimum atomic E-state index is -0.449. The van der Waals surface area contributed by atoms with Gasteiger partial charge in [0.05, 0.1) is 11.3 Å². The van der Waals surface area contributed by atoms with Crippen molar-refractivity contribution in [2.45, 2.75) is 32.8 Å². The molecule has 1 aliphatic heterocycles. The van der Waals surface area contributed by atoms with Crippen molar-refractivity contribution < 1.29 is 9.53 Å². The number of halogens is 1. The number of nitrogens with zero attached hydrogens (tertiary/aromatic N) is 4. The number of aromatic nitrogens is 3. The van der Waals surface area contributed by atoms with Crippen molar-refractivity contribution in [1.29, 1.82) is 0 Å². The Bertz CT molecular complexity index is 732. The van der Waals surface area contributed by atoms with Crippen molar-refractivity contribution in [1.82, 2.24) is 15.0 Å². The molecule has 0 saturated carbocycles. The second-order valence-electron chi connectivity index (χ2n) is 5.79. The number of anilines is 1. The van der Waals surface area contributed by atoms with Crippen LogP contribution in [0.3, 0.4) is 0 Å². The third kappa shape index (κ3) is 4.20. The van der Waals surface area contributed by atoms with Crippen LogP contribution in [0.15, 0.2) is 24.4 Å². The largest absolute Gasteiger partial charge is 0.456 e. The van der Waals surface area contributed by atoms with E-state index in [-0.39, 0.29) is 11.8 Å². The average molecular weight is 347 g/mol. The van der Waals surface area contributed by atoms with E-state index in [1.165, 1.54) is 18.7 Å². The van der Waals surface area contributed by atoms with E-state index >= 15 is 0 Å². The normalized spacial score (nSPS) is 14.5. The van der Waals surface area contributed by atoms with E-state index in [1.807, 2.05) is 13.0 Å². The van der Waals surface area contributed by atoms with Crippen LogP contribution in [0.5, 0.6) is 0 Å². The summed E-state index contributed by atoms with van der Waals surface area (Å²) in [7, 11) is 0. The highest BCUT2D eigenvalue weighted by molar-refractivity contribution is 6.29. The van der Waals surface area contributed by atoms with Crippen LogP contribution in [0.2, 0.25) is 5.15 Å². The summed E-state index contributed by atoms with van der Waals surface area (Å²) in [5, 5.41) is 0.259. The van der Waals surface area contributed by atoms with E-state index in [4.69, 9.17) is 16.3 Å². The SMILES string of the molecule is Cc1cc(COC(=O)c2ccnc(Cl)c2)nc(N2CCCCC2)n1.